The maximum atomic E-state index is 10.7. The Hall–Kier alpha value is -0.690. The molecule has 0 aromatic rings. The fourth-order valence-corrected chi connectivity index (χ4v) is 0.846. The highest BCUT2D eigenvalue weighted by atomic mass is 16.5. The van der Waals surface area contributed by atoms with Crippen LogP contribution in [0.5, 0.6) is 0 Å². The second kappa shape index (κ2) is 11.4. The van der Waals surface area contributed by atoms with E-state index in [0.29, 0.717) is 39.5 Å². The smallest absolute Gasteiger partial charge is 0.236 e. The molecule has 0 radical (unpaired) electrons. The first kappa shape index (κ1) is 14.3. The van der Waals surface area contributed by atoms with Crippen molar-refractivity contribution in [3.63, 3.8) is 0 Å². The van der Waals surface area contributed by atoms with Gasteiger partial charge >= 0.3 is 0 Å². The molecule has 0 saturated carbocycles. The molecule has 0 spiro atoms. The van der Waals surface area contributed by atoms with E-state index in [9.17, 15) is 4.79 Å². The van der Waals surface area contributed by atoms with E-state index in [-0.39, 0.29) is 5.91 Å². The Morgan fingerprint density at radius 2 is 1.80 bits per heavy atom. The minimum Gasteiger partial charge on any atom is -0.382 e. The van der Waals surface area contributed by atoms with E-state index in [4.69, 9.17) is 20.1 Å². The highest BCUT2D eigenvalue weighted by Gasteiger charge is 1.97. The van der Waals surface area contributed by atoms with Crippen LogP contribution in [0.3, 0.4) is 0 Å². The average Bonchev–Trinajstić information content (AvgIpc) is 2.26. The molecule has 0 unspecified atom stereocenters. The zero-order chi connectivity index (χ0) is 11.4. The van der Waals surface area contributed by atoms with Crippen molar-refractivity contribution in [1.82, 2.24) is 5.43 Å². The first-order valence-corrected chi connectivity index (χ1v) is 4.95. The lowest BCUT2D eigenvalue weighted by Gasteiger charge is -2.04. The molecule has 0 rings (SSSR count). The summed E-state index contributed by atoms with van der Waals surface area (Å²) in [5.41, 5.74) is 2.03. The normalized spacial score (nSPS) is 10.3. The van der Waals surface area contributed by atoms with Crippen LogP contribution in [0.15, 0.2) is 0 Å². The van der Waals surface area contributed by atoms with E-state index >= 15 is 0 Å². The summed E-state index contributed by atoms with van der Waals surface area (Å²) in [6, 6.07) is 0. The average molecular weight is 220 g/mol. The Balaban J connectivity index is 2.95. The maximum absolute atomic E-state index is 10.7. The van der Waals surface area contributed by atoms with Crippen LogP contribution >= 0.6 is 0 Å². The van der Waals surface area contributed by atoms with Gasteiger partial charge in [-0.1, -0.05) is 0 Å². The van der Waals surface area contributed by atoms with Crippen molar-refractivity contribution in [2.75, 3.05) is 40.1 Å². The van der Waals surface area contributed by atoms with Crippen LogP contribution in [0.25, 0.3) is 0 Å². The van der Waals surface area contributed by atoms with E-state index in [1.54, 1.807) is 7.11 Å². The van der Waals surface area contributed by atoms with Crippen LogP contribution in [0, 0.1) is 0 Å². The van der Waals surface area contributed by atoms with E-state index in [1.165, 1.54) is 0 Å². The quantitative estimate of drug-likeness (QED) is 0.223. The highest BCUT2D eigenvalue weighted by molar-refractivity contribution is 5.75. The van der Waals surface area contributed by atoms with E-state index in [2.05, 4.69) is 0 Å². The van der Waals surface area contributed by atoms with Crippen LogP contribution < -0.4 is 11.3 Å². The summed E-state index contributed by atoms with van der Waals surface area (Å²) >= 11 is 0. The van der Waals surface area contributed by atoms with Gasteiger partial charge in [-0.15, -0.1) is 0 Å². The van der Waals surface area contributed by atoms with Gasteiger partial charge in [0, 0.05) is 20.3 Å². The third-order valence-electron chi connectivity index (χ3n) is 1.64. The fraction of sp³-hybridized carbons (Fsp3) is 0.889. The third-order valence-corrected chi connectivity index (χ3v) is 1.64. The second-order valence-electron chi connectivity index (χ2n) is 2.89. The number of carbonyl (C=O) groups is 1. The molecular weight excluding hydrogens is 200 g/mol. The van der Waals surface area contributed by atoms with Gasteiger partial charge in [0.1, 0.15) is 0 Å². The van der Waals surface area contributed by atoms with Crippen molar-refractivity contribution in [2.45, 2.75) is 12.8 Å². The molecule has 0 fully saturated rings. The molecule has 0 atom stereocenters. The molecule has 90 valence electrons. The van der Waals surface area contributed by atoms with Gasteiger partial charge in [0.05, 0.1) is 26.2 Å². The number of hydrogen-bond acceptors (Lipinski definition) is 5. The molecule has 0 aliphatic heterocycles. The Labute approximate surface area is 90.0 Å². The zero-order valence-corrected chi connectivity index (χ0v) is 9.16. The molecule has 0 heterocycles. The number of hydrazine groups is 1. The molecule has 0 aromatic carbocycles. The van der Waals surface area contributed by atoms with Crippen LogP contribution in [0.2, 0.25) is 0 Å². The van der Waals surface area contributed by atoms with Crippen LogP contribution in [-0.2, 0) is 19.0 Å². The predicted octanol–water partition coefficient (Wildman–Crippen LogP) is -0.564. The summed E-state index contributed by atoms with van der Waals surface area (Å²) in [6.45, 7) is 2.84. The molecule has 6 heteroatoms. The molecule has 6 nitrogen and oxygen atoms in total. The third kappa shape index (κ3) is 11.2. The van der Waals surface area contributed by atoms with Crippen molar-refractivity contribution in [1.29, 1.82) is 0 Å². The Morgan fingerprint density at radius 3 is 2.40 bits per heavy atom. The summed E-state index contributed by atoms with van der Waals surface area (Å²) in [5, 5.41) is 0. The summed E-state index contributed by atoms with van der Waals surface area (Å²) in [7, 11) is 1.63. The van der Waals surface area contributed by atoms with Gasteiger partial charge in [0.2, 0.25) is 5.91 Å². The lowest BCUT2D eigenvalue weighted by molar-refractivity contribution is -0.122. The number of methoxy groups -OCH3 is 1. The van der Waals surface area contributed by atoms with Crippen molar-refractivity contribution in [2.24, 2.45) is 5.84 Å². The number of hydrogen-bond donors (Lipinski definition) is 2. The number of rotatable bonds is 10. The molecule has 3 N–H and O–H groups in total. The van der Waals surface area contributed by atoms with Gasteiger partial charge in [-0.25, -0.2) is 5.84 Å². The van der Waals surface area contributed by atoms with E-state index in [0.717, 1.165) is 6.42 Å². The molecule has 0 aromatic heterocycles. The summed E-state index contributed by atoms with van der Waals surface area (Å²) < 4.78 is 15.2. The van der Waals surface area contributed by atoms with Crippen molar-refractivity contribution < 1.29 is 19.0 Å². The van der Waals surface area contributed by atoms with Crippen LogP contribution in [0.4, 0.5) is 0 Å². The number of amides is 1. The predicted molar refractivity (Wildman–Crippen MR) is 55.1 cm³/mol. The molecule has 15 heavy (non-hydrogen) atoms. The van der Waals surface area contributed by atoms with Gasteiger partial charge in [-0.3, -0.25) is 10.2 Å². The van der Waals surface area contributed by atoms with Crippen molar-refractivity contribution >= 4 is 5.91 Å². The minimum atomic E-state index is -0.216. The monoisotopic (exact) mass is 220 g/mol. The SMILES string of the molecule is COCCOCCCOCCC(=O)NN. The van der Waals surface area contributed by atoms with Crippen LogP contribution in [-0.4, -0.2) is 46.1 Å². The standard InChI is InChI=1S/C9H20N2O4/c1-13-7-8-15-5-2-4-14-6-3-9(12)11-10/h2-8,10H2,1H3,(H,11,12). The molecule has 0 saturated heterocycles. The number of ether oxygens (including phenoxy) is 3. The topological polar surface area (TPSA) is 82.8 Å². The number of carbonyl (C=O) groups excluding carboxylic acids is 1. The summed E-state index contributed by atoms with van der Waals surface area (Å²) in [4.78, 5) is 10.7. The summed E-state index contributed by atoms with van der Waals surface area (Å²) in [5.74, 6) is 4.68. The lowest BCUT2D eigenvalue weighted by atomic mass is 10.4. The first-order valence-electron chi connectivity index (χ1n) is 4.95. The minimum absolute atomic E-state index is 0.216. The van der Waals surface area contributed by atoms with E-state index in [1.807, 2.05) is 5.43 Å². The Bertz CT molecular complexity index is 155. The largest absolute Gasteiger partial charge is 0.382 e. The Morgan fingerprint density at radius 1 is 1.13 bits per heavy atom. The van der Waals surface area contributed by atoms with Crippen molar-refractivity contribution in [3.05, 3.63) is 0 Å². The molecule has 0 aliphatic carbocycles. The maximum Gasteiger partial charge on any atom is 0.236 e. The second-order valence-corrected chi connectivity index (χ2v) is 2.89. The molecule has 0 bridgehead atoms. The van der Waals surface area contributed by atoms with Gasteiger partial charge in [-0.2, -0.15) is 0 Å². The van der Waals surface area contributed by atoms with Gasteiger partial charge in [0.15, 0.2) is 0 Å². The van der Waals surface area contributed by atoms with Crippen LogP contribution in [0.1, 0.15) is 12.8 Å². The molecule has 1 amide bonds. The van der Waals surface area contributed by atoms with Gasteiger partial charge in [-0.05, 0) is 6.42 Å². The zero-order valence-electron chi connectivity index (χ0n) is 9.16. The number of nitrogens with one attached hydrogen (secondary N) is 1. The fourth-order valence-electron chi connectivity index (χ4n) is 0.846. The lowest BCUT2D eigenvalue weighted by Crippen LogP contribution is -2.30. The van der Waals surface area contributed by atoms with Crippen molar-refractivity contribution in [3.8, 4) is 0 Å². The van der Waals surface area contributed by atoms with Gasteiger partial charge < -0.3 is 14.2 Å². The molecular formula is C9H20N2O4. The van der Waals surface area contributed by atoms with Gasteiger partial charge in [0.25, 0.3) is 0 Å². The summed E-state index contributed by atoms with van der Waals surface area (Å²) in [6.07, 6.45) is 1.11. The first-order chi connectivity index (χ1) is 7.31. The Kier molecular flexibility index (Phi) is 10.9. The van der Waals surface area contributed by atoms with E-state index < -0.39 is 0 Å². The highest BCUT2D eigenvalue weighted by Crippen LogP contribution is 1.88. The molecule has 0 aliphatic rings. The number of nitrogens with two attached hydrogens (primary N) is 1.